The monoisotopic (exact) mass is 440 g/mol. The lowest BCUT2D eigenvalue weighted by atomic mass is 9.85. The molecule has 1 aliphatic heterocycles. The van der Waals surface area contributed by atoms with Crippen molar-refractivity contribution in [3.8, 4) is 0 Å². The summed E-state index contributed by atoms with van der Waals surface area (Å²) in [5.41, 5.74) is 0.187. The van der Waals surface area contributed by atoms with Crippen LogP contribution in [0.4, 0.5) is 0 Å². The van der Waals surface area contributed by atoms with Crippen LogP contribution in [0.1, 0.15) is 18.4 Å². The third-order valence-corrected chi connectivity index (χ3v) is 6.21. The minimum absolute atomic E-state index is 0.121. The van der Waals surface area contributed by atoms with E-state index in [9.17, 15) is 19.5 Å². The normalized spacial score (nSPS) is 26.8. The second-order valence-electron chi connectivity index (χ2n) is 7.13. The van der Waals surface area contributed by atoms with E-state index in [0.29, 0.717) is 19.4 Å². The number of amides is 2. The van der Waals surface area contributed by atoms with Gasteiger partial charge in [0.15, 0.2) is 6.04 Å². The Balaban J connectivity index is 1.66. The van der Waals surface area contributed by atoms with E-state index in [1.165, 1.54) is 4.90 Å². The standard InChI is InChI=1S/C20H22Cl2N2O5/c1-12(9-21)16(20(27)28)24-18(22)17(19(24)26)23(11-25)14-7-8-15(14)29-10-13-5-3-2-4-6-13/h2-6,11,14-18H,1,7-10H2,(H,27,28). The van der Waals surface area contributed by atoms with Crippen LogP contribution in [-0.4, -0.2) is 68.8 Å². The SMILES string of the molecule is C=C(CCl)C(C(=O)O)N1C(=O)C(N(C=O)C2CCC2OCc2ccccc2)C1Cl. The van der Waals surface area contributed by atoms with Gasteiger partial charge < -0.3 is 19.6 Å². The number of carboxylic acid groups (broad SMARTS) is 1. The van der Waals surface area contributed by atoms with Crippen molar-refractivity contribution in [2.24, 2.45) is 0 Å². The van der Waals surface area contributed by atoms with Crippen LogP contribution in [0.15, 0.2) is 42.5 Å². The van der Waals surface area contributed by atoms with E-state index in [2.05, 4.69) is 6.58 Å². The number of carboxylic acids is 1. The maximum Gasteiger partial charge on any atom is 0.330 e. The number of carbonyl (C=O) groups excluding carboxylic acids is 2. The van der Waals surface area contributed by atoms with Gasteiger partial charge in [-0.3, -0.25) is 9.59 Å². The zero-order valence-corrected chi connectivity index (χ0v) is 17.1. The first-order valence-electron chi connectivity index (χ1n) is 9.21. The summed E-state index contributed by atoms with van der Waals surface area (Å²) in [6.45, 7) is 4.02. The van der Waals surface area contributed by atoms with Crippen LogP contribution < -0.4 is 0 Å². The molecule has 2 amide bonds. The molecule has 2 fully saturated rings. The molecule has 7 nitrogen and oxygen atoms in total. The van der Waals surface area contributed by atoms with E-state index in [4.69, 9.17) is 27.9 Å². The fourth-order valence-electron chi connectivity index (χ4n) is 3.68. The molecule has 0 aromatic heterocycles. The van der Waals surface area contributed by atoms with Gasteiger partial charge in [0.05, 0.1) is 18.8 Å². The molecule has 1 saturated heterocycles. The van der Waals surface area contributed by atoms with Gasteiger partial charge in [-0.15, -0.1) is 11.6 Å². The van der Waals surface area contributed by atoms with Crippen molar-refractivity contribution >= 4 is 41.5 Å². The maximum atomic E-state index is 12.7. The summed E-state index contributed by atoms with van der Waals surface area (Å²) in [4.78, 5) is 38.4. The molecule has 0 bridgehead atoms. The van der Waals surface area contributed by atoms with Gasteiger partial charge in [-0.2, -0.15) is 0 Å². The van der Waals surface area contributed by atoms with E-state index < -0.39 is 29.5 Å². The van der Waals surface area contributed by atoms with E-state index >= 15 is 0 Å². The Hall–Kier alpha value is -2.09. The van der Waals surface area contributed by atoms with Crippen molar-refractivity contribution < 1.29 is 24.2 Å². The maximum absolute atomic E-state index is 12.7. The Morgan fingerprint density at radius 3 is 2.55 bits per heavy atom. The molecule has 5 unspecified atom stereocenters. The molecule has 0 radical (unpaired) electrons. The molecule has 1 aromatic carbocycles. The number of benzene rings is 1. The molecule has 5 atom stereocenters. The highest BCUT2D eigenvalue weighted by Gasteiger charge is 2.57. The Labute approximate surface area is 178 Å². The highest BCUT2D eigenvalue weighted by atomic mass is 35.5. The molecule has 29 heavy (non-hydrogen) atoms. The number of nitrogens with zero attached hydrogens (tertiary/aromatic N) is 2. The van der Waals surface area contributed by atoms with Crippen LogP contribution in [0, 0.1) is 0 Å². The lowest BCUT2D eigenvalue weighted by Gasteiger charge is -2.54. The zero-order valence-electron chi connectivity index (χ0n) is 15.6. The molecule has 1 heterocycles. The van der Waals surface area contributed by atoms with Crippen LogP contribution in [0.2, 0.25) is 0 Å². The number of halogens is 2. The lowest BCUT2D eigenvalue weighted by molar-refractivity contribution is -0.174. The van der Waals surface area contributed by atoms with Gasteiger partial charge in [0, 0.05) is 5.88 Å². The fourth-order valence-corrected chi connectivity index (χ4v) is 4.27. The van der Waals surface area contributed by atoms with E-state index in [1.54, 1.807) is 0 Å². The summed E-state index contributed by atoms with van der Waals surface area (Å²) in [6, 6.07) is 7.11. The predicted molar refractivity (Wildman–Crippen MR) is 108 cm³/mol. The van der Waals surface area contributed by atoms with Gasteiger partial charge in [-0.05, 0) is 24.0 Å². The van der Waals surface area contributed by atoms with Crippen molar-refractivity contribution in [1.82, 2.24) is 9.80 Å². The largest absolute Gasteiger partial charge is 0.479 e. The van der Waals surface area contributed by atoms with Gasteiger partial charge in [-0.25, -0.2) is 4.79 Å². The molecule has 0 spiro atoms. The van der Waals surface area contributed by atoms with Crippen LogP contribution in [-0.2, 0) is 25.7 Å². The number of aliphatic carboxylic acids is 1. The van der Waals surface area contributed by atoms with Gasteiger partial charge in [0.25, 0.3) is 5.91 Å². The van der Waals surface area contributed by atoms with E-state index in [-0.39, 0.29) is 23.6 Å². The number of β-lactam (4-membered cyclic amide) rings is 1. The third kappa shape index (κ3) is 4.13. The fraction of sp³-hybridized carbons (Fsp3) is 0.450. The van der Waals surface area contributed by atoms with Crippen LogP contribution in [0.25, 0.3) is 0 Å². The molecule has 156 valence electrons. The number of alkyl halides is 2. The average molecular weight is 441 g/mol. The molecular weight excluding hydrogens is 419 g/mol. The number of hydrogen-bond acceptors (Lipinski definition) is 4. The van der Waals surface area contributed by atoms with Crippen molar-refractivity contribution in [2.45, 2.75) is 49.2 Å². The molecule has 1 aromatic rings. The van der Waals surface area contributed by atoms with Gasteiger partial charge in [-0.1, -0.05) is 48.5 Å². The first-order valence-corrected chi connectivity index (χ1v) is 10.2. The topological polar surface area (TPSA) is 87.2 Å². The van der Waals surface area contributed by atoms with Gasteiger partial charge in [0.1, 0.15) is 11.5 Å². The van der Waals surface area contributed by atoms with E-state index in [0.717, 1.165) is 16.9 Å². The molecule has 3 rings (SSSR count). The van der Waals surface area contributed by atoms with Crippen LogP contribution >= 0.6 is 23.2 Å². The zero-order chi connectivity index (χ0) is 21.1. The summed E-state index contributed by atoms with van der Waals surface area (Å²) in [7, 11) is 0. The van der Waals surface area contributed by atoms with Crippen molar-refractivity contribution in [1.29, 1.82) is 0 Å². The first-order chi connectivity index (χ1) is 13.9. The minimum Gasteiger partial charge on any atom is -0.479 e. The van der Waals surface area contributed by atoms with Crippen molar-refractivity contribution in [3.05, 3.63) is 48.0 Å². The third-order valence-electron chi connectivity index (χ3n) is 5.41. The van der Waals surface area contributed by atoms with Crippen LogP contribution in [0.5, 0.6) is 0 Å². The molecule has 9 heteroatoms. The quantitative estimate of drug-likeness (QED) is 0.198. The summed E-state index contributed by atoms with van der Waals surface area (Å²) in [5.74, 6) is -1.92. The molecule has 2 aliphatic rings. The van der Waals surface area contributed by atoms with Gasteiger partial charge in [0.2, 0.25) is 6.41 Å². The van der Waals surface area contributed by atoms with Gasteiger partial charge >= 0.3 is 5.97 Å². The lowest BCUT2D eigenvalue weighted by Crippen LogP contribution is -2.74. The molecule has 1 aliphatic carbocycles. The average Bonchev–Trinajstić information content (AvgIpc) is 2.70. The Kier molecular flexibility index (Phi) is 6.82. The van der Waals surface area contributed by atoms with Crippen LogP contribution in [0.3, 0.4) is 0 Å². The highest BCUT2D eigenvalue weighted by Crippen LogP contribution is 2.38. The first kappa shape index (κ1) is 21.6. The second kappa shape index (κ2) is 9.15. The molecular formula is C20H22Cl2N2O5. The number of rotatable bonds is 10. The number of carbonyl (C=O) groups is 3. The van der Waals surface area contributed by atoms with E-state index in [1.807, 2.05) is 30.3 Å². The van der Waals surface area contributed by atoms with Crippen molar-refractivity contribution in [3.63, 3.8) is 0 Å². The highest BCUT2D eigenvalue weighted by molar-refractivity contribution is 6.27. The molecule has 1 N–H and O–H groups in total. The smallest absolute Gasteiger partial charge is 0.330 e. The number of ether oxygens (including phenoxy) is 1. The predicted octanol–water partition coefficient (Wildman–Crippen LogP) is 2.22. The minimum atomic E-state index is -1.32. The van der Waals surface area contributed by atoms with Crippen molar-refractivity contribution in [2.75, 3.05) is 5.88 Å². The summed E-state index contributed by atoms with van der Waals surface area (Å²) in [6.07, 6.45) is 1.83. The summed E-state index contributed by atoms with van der Waals surface area (Å²) >= 11 is 12.0. The summed E-state index contributed by atoms with van der Waals surface area (Å²) in [5, 5.41) is 9.44. The number of likely N-dealkylation sites (tertiary alicyclic amines) is 1. The second-order valence-corrected chi connectivity index (χ2v) is 7.84. The molecule has 1 saturated carbocycles. The number of hydrogen-bond donors (Lipinski definition) is 1. The summed E-state index contributed by atoms with van der Waals surface area (Å²) < 4.78 is 5.92. The Morgan fingerprint density at radius 2 is 2.07 bits per heavy atom. The Bertz CT molecular complexity index is 790. The Morgan fingerprint density at radius 1 is 1.38 bits per heavy atom.